The van der Waals surface area contributed by atoms with Crippen molar-refractivity contribution in [3.63, 3.8) is 0 Å². The van der Waals surface area contributed by atoms with Crippen LogP contribution in [0.5, 0.6) is 5.75 Å². The third kappa shape index (κ3) is 2.02. The third-order valence-electron chi connectivity index (χ3n) is 2.03. The molecule has 74 valence electrons. The maximum Gasteiger partial charge on any atom is 0.125 e. The van der Waals surface area contributed by atoms with E-state index in [-0.39, 0.29) is 18.8 Å². The van der Waals surface area contributed by atoms with Gasteiger partial charge in [-0.15, -0.1) is 0 Å². The van der Waals surface area contributed by atoms with Crippen LogP contribution in [-0.4, -0.2) is 10.2 Å². The summed E-state index contributed by atoms with van der Waals surface area (Å²) in [5.41, 5.74) is 6.59. The fourth-order valence-corrected chi connectivity index (χ4v) is 1.25. The average Bonchev–Trinajstić information content (AvgIpc) is 2.18. The molecule has 0 unspecified atom stereocenters. The van der Waals surface area contributed by atoms with Crippen molar-refractivity contribution in [1.82, 2.24) is 0 Å². The Morgan fingerprint density at radius 2 is 2.21 bits per heavy atom. The lowest BCUT2D eigenvalue weighted by Gasteiger charge is -2.12. The Morgan fingerprint density at radius 1 is 1.50 bits per heavy atom. The number of nitrogens with two attached hydrogens (primary N) is 1. The Bertz CT molecular complexity index is 358. The van der Waals surface area contributed by atoms with Crippen LogP contribution in [-0.2, 0) is 6.61 Å². The Balaban J connectivity index is 3.04. The van der Waals surface area contributed by atoms with Crippen LogP contribution in [0.15, 0.2) is 18.2 Å². The number of phenols is 1. The molecule has 1 aromatic carbocycles. The normalized spacial score (nSPS) is 12.1. The predicted octanol–water partition coefficient (Wildman–Crippen LogP) is 0.798. The summed E-state index contributed by atoms with van der Waals surface area (Å²) in [6.07, 6.45) is 0.141. The fraction of sp³-hybridized carbons (Fsp3) is 0.300. The second-order valence-electron chi connectivity index (χ2n) is 2.98. The van der Waals surface area contributed by atoms with E-state index in [1.165, 1.54) is 0 Å². The van der Waals surface area contributed by atoms with Gasteiger partial charge in [-0.05, 0) is 0 Å². The average molecular weight is 192 g/mol. The molecule has 4 nitrogen and oxygen atoms in total. The molecule has 0 saturated heterocycles. The molecule has 0 spiro atoms. The molecule has 0 aromatic heterocycles. The van der Waals surface area contributed by atoms with E-state index in [2.05, 4.69) is 0 Å². The first-order chi connectivity index (χ1) is 6.70. The molecule has 0 radical (unpaired) electrons. The molecule has 0 amide bonds. The Morgan fingerprint density at radius 3 is 2.79 bits per heavy atom. The van der Waals surface area contributed by atoms with Crippen molar-refractivity contribution in [1.29, 1.82) is 5.26 Å². The summed E-state index contributed by atoms with van der Waals surface area (Å²) in [4.78, 5) is 0. The van der Waals surface area contributed by atoms with E-state index in [1.54, 1.807) is 18.2 Å². The van der Waals surface area contributed by atoms with E-state index >= 15 is 0 Å². The number of nitriles is 1. The van der Waals surface area contributed by atoms with Crippen LogP contribution in [0.3, 0.4) is 0 Å². The molecule has 1 rings (SSSR count). The SMILES string of the molecule is N#CC[C@@H](N)c1cccc(CO)c1O. The van der Waals surface area contributed by atoms with Crippen LogP contribution in [0, 0.1) is 11.3 Å². The fourth-order valence-electron chi connectivity index (χ4n) is 1.25. The van der Waals surface area contributed by atoms with Gasteiger partial charge in [0, 0.05) is 17.2 Å². The molecule has 4 heteroatoms. The van der Waals surface area contributed by atoms with Crippen molar-refractivity contribution in [3.8, 4) is 11.8 Å². The van der Waals surface area contributed by atoms with E-state index in [0.717, 1.165) is 0 Å². The van der Waals surface area contributed by atoms with Gasteiger partial charge in [-0.3, -0.25) is 0 Å². The van der Waals surface area contributed by atoms with E-state index in [0.29, 0.717) is 11.1 Å². The van der Waals surface area contributed by atoms with Crippen LogP contribution in [0.1, 0.15) is 23.6 Å². The van der Waals surface area contributed by atoms with E-state index in [1.807, 2.05) is 6.07 Å². The highest BCUT2D eigenvalue weighted by Gasteiger charge is 2.12. The lowest BCUT2D eigenvalue weighted by Crippen LogP contribution is -2.10. The van der Waals surface area contributed by atoms with Gasteiger partial charge in [-0.25, -0.2) is 0 Å². The van der Waals surface area contributed by atoms with Crippen LogP contribution in [0.25, 0.3) is 0 Å². The molecule has 14 heavy (non-hydrogen) atoms. The van der Waals surface area contributed by atoms with Gasteiger partial charge in [0.05, 0.1) is 19.1 Å². The van der Waals surface area contributed by atoms with Crippen LogP contribution in [0.4, 0.5) is 0 Å². The van der Waals surface area contributed by atoms with E-state index < -0.39 is 6.04 Å². The van der Waals surface area contributed by atoms with Gasteiger partial charge >= 0.3 is 0 Å². The van der Waals surface area contributed by atoms with Gasteiger partial charge in [-0.2, -0.15) is 5.26 Å². The summed E-state index contributed by atoms with van der Waals surface area (Å²) < 4.78 is 0. The minimum atomic E-state index is -0.508. The Labute approximate surface area is 82.2 Å². The topological polar surface area (TPSA) is 90.3 Å². The molecule has 0 aliphatic heterocycles. The highest BCUT2D eigenvalue weighted by molar-refractivity contribution is 5.41. The van der Waals surface area contributed by atoms with Gasteiger partial charge in [0.2, 0.25) is 0 Å². The van der Waals surface area contributed by atoms with Crippen molar-refractivity contribution in [2.75, 3.05) is 0 Å². The molecular formula is C10H12N2O2. The monoisotopic (exact) mass is 192 g/mol. The van der Waals surface area contributed by atoms with E-state index in [9.17, 15) is 5.11 Å². The maximum absolute atomic E-state index is 9.64. The Kier molecular flexibility index (Phi) is 3.46. The molecule has 0 fully saturated rings. The number of nitrogens with zero attached hydrogens (tertiary/aromatic N) is 1. The zero-order chi connectivity index (χ0) is 10.6. The molecule has 0 aliphatic rings. The first-order valence-electron chi connectivity index (χ1n) is 4.24. The highest BCUT2D eigenvalue weighted by Crippen LogP contribution is 2.28. The number of aliphatic hydroxyl groups is 1. The van der Waals surface area contributed by atoms with E-state index in [4.69, 9.17) is 16.1 Å². The standard InChI is InChI=1S/C10H12N2O2/c11-5-4-9(12)8-3-1-2-7(6-13)10(8)14/h1-3,9,13-14H,4,6,12H2/t9-/m1/s1. The number of aromatic hydroxyl groups is 1. The molecule has 0 bridgehead atoms. The van der Waals surface area contributed by atoms with Crippen molar-refractivity contribution in [3.05, 3.63) is 29.3 Å². The molecule has 0 heterocycles. The van der Waals surface area contributed by atoms with Crippen molar-refractivity contribution in [2.24, 2.45) is 5.73 Å². The maximum atomic E-state index is 9.64. The molecule has 0 aliphatic carbocycles. The summed E-state index contributed by atoms with van der Waals surface area (Å²) in [5.74, 6) is -0.0160. The number of rotatable bonds is 3. The summed E-state index contributed by atoms with van der Waals surface area (Å²) in [5, 5.41) is 27.0. The number of para-hydroxylation sites is 1. The smallest absolute Gasteiger partial charge is 0.125 e. The molecule has 1 atom stereocenters. The molecule has 1 aromatic rings. The summed E-state index contributed by atoms with van der Waals surface area (Å²) in [6, 6.07) is 6.37. The molecule has 0 saturated carbocycles. The van der Waals surface area contributed by atoms with Crippen molar-refractivity contribution >= 4 is 0 Å². The number of hydrogen-bond donors (Lipinski definition) is 3. The number of hydrogen-bond acceptors (Lipinski definition) is 4. The predicted molar refractivity (Wildman–Crippen MR) is 51.2 cm³/mol. The second-order valence-corrected chi connectivity index (χ2v) is 2.98. The summed E-state index contributed by atoms with van der Waals surface area (Å²) in [6.45, 7) is -0.237. The third-order valence-corrected chi connectivity index (χ3v) is 2.03. The summed E-state index contributed by atoms with van der Waals surface area (Å²) >= 11 is 0. The Hall–Kier alpha value is -1.57. The van der Waals surface area contributed by atoms with Crippen molar-refractivity contribution in [2.45, 2.75) is 19.1 Å². The number of aliphatic hydroxyl groups excluding tert-OH is 1. The van der Waals surface area contributed by atoms with Crippen LogP contribution >= 0.6 is 0 Å². The zero-order valence-electron chi connectivity index (χ0n) is 7.64. The molecule has 4 N–H and O–H groups in total. The quantitative estimate of drug-likeness (QED) is 0.660. The zero-order valence-corrected chi connectivity index (χ0v) is 7.64. The van der Waals surface area contributed by atoms with Gasteiger partial charge < -0.3 is 15.9 Å². The minimum Gasteiger partial charge on any atom is -0.507 e. The van der Waals surface area contributed by atoms with Gasteiger partial charge in [0.15, 0.2) is 0 Å². The van der Waals surface area contributed by atoms with Crippen LogP contribution < -0.4 is 5.73 Å². The lowest BCUT2D eigenvalue weighted by atomic mass is 10.0. The minimum absolute atomic E-state index is 0.0160. The first kappa shape index (κ1) is 10.5. The first-order valence-corrected chi connectivity index (χ1v) is 4.24. The molecular weight excluding hydrogens is 180 g/mol. The van der Waals surface area contributed by atoms with Gasteiger partial charge in [-0.1, -0.05) is 18.2 Å². The lowest BCUT2D eigenvalue weighted by molar-refractivity contribution is 0.275. The van der Waals surface area contributed by atoms with Gasteiger partial charge in [0.25, 0.3) is 0 Å². The number of benzene rings is 1. The van der Waals surface area contributed by atoms with Crippen LogP contribution in [0.2, 0.25) is 0 Å². The summed E-state index contributed by atoms with van der Waals surface area (Å²) in [7, 11) is 0. The second kappa shape index (κ2) is 4.61. The highest BCUT2D eigenvalue weighted by atomic mass is 16.3. The largest absolute Gasteiger partial charge is 0.507 e. The van der Waals surface area contributed by atoms with Crippen molar-refractivity contribution < 1.29 is 10.2 Å². The van der Waals surface area contributed by atoms with Gasteiger partial charge in [0.1, 0.15) is 5.75 Å².